The van der Waals surface area contributed by atoms with E-state index in [1.54, 1.807) is 4.57 Å². The van der Waals surface area contributed by atoms with Crippen LogP contribution in [0.3, 0.4) is 0 Å². The van der Waals surface area contributed by atoms with Gasteiger partial charge in [-0.1, -0.05) is 67.0 Å². The van der Waals surface area contributed by atoms with Crippen LogP contribution in [0.25, 0.3) is 28.2 Å². The molecule has 10 heteroatoms. The number of hydrogen-bond acceptors (Lipinski definition) is 7. The second-order valence-electron chi connectivity index (χ2n) is 11.6. The van der Waals surface area contributed by atoms with Crippen LogP contribution in [0.4, 0.5) is 0 Å². The van der Waals surface area contributed by atoms with Gasteiger partial charge in [0.2, 0.25) is 0 Å². The Kier molecular flexibility index (Phi) is 9.60. The second-order valence-corrected chi connectivity index (χ2v) is 11.6. The second kappa shape index (κ2) is 13.1. The molecule has 0 saturated carbocycles. The fourth-order valence-electron chi connectivity index (χ4n) is 5.88. The van der Waals surface area contributed by atoms with Crippen molar-refractivity contribution in [1.82, 2.24) is 19.7 Å². The normalized spacial score (nSPS) is 15.2. The maximum absolute atomic E-state index is 14.1. The quantitative estimate of drug-likeness (QED) is 0.269. The van der Waals surface area contributed by atoms with Crippen molar-refractivity contribution < 1.29 is 67.2 Å². The van der Waals surface area contributed by atoms with Crippen LogP contribution in [0.15, 0.2) is 80.8 Å². The minimum absolute atomic E-state index is 0. The number of aryl methyl sites for hydroxylation is 2. The van der Waals surface area contributed by atoms with Gasteiger partial charge in [0.15, 0.2) is 5.82 Å². The number of ether oxygens (including phenoxy) is 1. The Bertz CT molecular complexity index is 1930. The summed E-state index contributed by atoms with van der Waals surface area (Å²) in [6.07, 6.45) is 1.76. The first-order chi connectivity index (χ1) is 20.6. The average molecular weight is 619 g/mol. The number of aromatic nitrogens is 4. The number of aliphatic hydroxyl groups excluding tert-OH is 1. The molecule has 3 heterocycles. The van der Waals surface area contributed by atoms with E-state index < -0.39 is 17.5 Å². The molecular formula is C34H35KN4O5. The van der Waals surface area contributed by atoms with Crippen LogP contribution in [0, 0.1) is 6.92 Å². The van der Waals surface area contributed by atoms with E-state index in [4.69, 9.17) is 14.2 Å². The van der Waals surface area contributed by atoms with Crippen molar-refractivity contribution in [2.45, 2.75) is 65.1 Å². The molecule has 0 spiro atoms. The fourth-order valence-corrected chi connectivity index (χ4v) is 5.88. The van der Waals surface area contributed by atoms with E-state index in [-0.39, 0.29) is 58.4 Å². The first-order valence-electron chi connectivity index (χ1n) is 14.5. The number of aliphatic hydroxyl groups is 1. The third-order valence-electron chi connectivity index (χ3n) is 7.87. The van der Waals surface area contributed by atoms with Gasteiger partial charge in [-0.15, -0.1) is 0 Å². The fraction of sp³-hybridized carbons (Fsp3) is 0.294. The molecule has 3 aromatic carbocycles. The zero-order valence-electron chi connectivity index (χ0n) is 26.7. The summed E-state index contributed by atoms with van der Waals surface area (Å²) in [5.41, 5.74) is 5.74. The number of rotatable bonds is 7. The average Bonchev–Trinajstić information content (AvgIpc) is 3.41. The summed E-state index contributed by atoms with van der Waals surface area (Å²) >= 11 is 0. The summed E-state index contributed by atoms with van der Waals surface area (Å²) in [7, 11) is 0. The molecule has 2 N–H and O–H groups in total. The van der Waals surface area contributed by atoms with Crippen LogP contribution in [-0.2, 0) is 12.8 Å². The number of nitrogens with zero attached hydrogens (tertiary/aromatic N) is 3. The van der Waals surface area contributed by atoms with E-state index in [2.05, 4.69) is 17.1 Å². The SMILES string of the molecule is CCCc1nc(C)n(-c2ccc3c(c2)C(O)CC(C)(C)O3)c(=O)c1Cc1ccc(-c2ccccc2-c2noc(=O)[nH]2)cc1.[H-].[K+]. The Balaban J connectivity index is 0.00000230. The molecule has 9 nitrogen and oxygen atoms in total. The van der Waals surface area contributed by atoms with Crippen LogP contribution in [-0.4, -0.2) is 30.4 Å². The monoisotopic (exact) mass is 618 g/mol. The Hall–Kier alpha value is -3.12. The van der Waals surface area contributed by atoms with Gasteiger partial charge in [-0.3, -0.25) is 18.9 Å². The molecule has 2 aromatic heterocycles. The van der Waals surface area contributed by atoms with Gasteiger partial charge in [0, 0.05) is 29.5 Å². The van der Waals surface area contributed by atoms with Crippen molar-refractivity contribution in [1.29, 1.82) is 0 Å². The van der Waals surface area contributed by atoms with E-state index in [1.807, 2.05) is 87.5 Å². The maximum atomic E-state index is 14.1. The van der Waals surface area contributed by atoms with Crippen molar-refractivity contribution in [3.8, 4) is 34.0 Å². The zero-order chi connectivity index (χ0) is 30.3. The molecule has 1 atom stereocenters. The molecule has 1 aliphatic rings. The molecule has 1 unspecified atom stereocenters. The van der Waals surface area contributed by atoms with Gasteiger partial charge in [0.05, 0.1) is 17.5 Å². The standard InChI is InChI=1S/C34H34N4O5.K.H/c1-5-8-28-26(17-21-11-13-22(14-12-21)24-9-6-7-10-25(24)31-36-33(41)43-37-31)32(40)38(20(2)35-28)23-15-16-30-27(18-23)29(39)19-34(3,4)42-30;;/h6-7,9-16,18,29,39H,5,8,17,19H2,1-4H3,(H,36,37,41);;/q;+1;-1. The van der Waals surface area contributed by atoms with Crippen LogP contribution in [0.2, 0.25) is 0 Å². The summed E-state index contributed by atoms with van der Waals surface area (Å²) in [5.74, 6) is 0.987. The zero-order valence-corrected chi connectivity index (χ0v) is 28.8. The predicted molar refractivity (Wildman–Crippen MR) is 165 cm³/mol. The molecule has 1 aliphatic heterocycles. The third-order valence-corrected chi connectivity index (χ3v) is 7.87. The van der Waals surface area contributed by atoms with Crippen molar-refractivity contribution in [3.63, 3.8) is 0 Å². The molecule has 0 amide bonds. The first-order valence-corrected chi connectivity index (χ1v) is 14.5. The predicted octanol–water partition coefficient (Wildman–Crippen LogP) is 2.81. The third kappa shape index (κ3) is 6.47. The van der Waals surface area contributed by atoms with Crippen molar-refractivity contribution in [3.05, 3.63) is 116 Å². The number of nitrogens with one attached hydrogen (secondary N) is 1. The molecule has 44 heavy (non-hydrogen) atoms. The largest absolute Gasteiger partial charge is 1.00 e. The summed E-state index contributed by atoms with van der Waals surface area (Å²) in [4.78, 5) is 33.2. The summed E-state index contributed by atoms with van der Waals surface area (Å²) in [6.45, 7) is 7.82. The number of hydrogen-bond donors (Lipinski definition) is 2. The molecule has 0 radical (unpaired) electrons. The van der Waals surface area contributed by atoms with Crippen LogP contribution < -0.4 is 67.4 Å². The van der Waals surface area contributed by atoms with Gasteiger partial charge >= 0.3 is 57.1 Å². The van der Waals surface area contributed by atoms with E-state index in [1.165, 1.54) is 0 Å². The van der Waals surface area contributed by atoms with E-state index in [9.17, 15) is 14.7 Å². The molecule has 6 rings (SSSR count). The topological polar surface area (TPSA) is 123 Å². The van der Waals surface area contributed by atoms with Gasteiger partial charge in [-0.25, -0.2) is 9.78 Å². The number of benzene rings is 3. The minimum Gasteiger partial charge on any atom is -1.00 e. The summed E-state index contributed by atoms with van der Waals surface area (Å²) in [6, 6.07) is 21.2. The number of aromatic amines is 1. The van der Waals surface area contributed by atoms with Crippen molar-refractivity contribution in [2.75, 3.05) is 0 Å². The Morgan fingerprint density at radius 3 is 2.48 bits per heavy atom. The van der Waals surface area contributed by atoms with E-state index in [0.29, 0.717) is 53.5 Å². The van der Waals surface area contributed by atoms with Gasteiger partial charge < -0.3 is 11.3 Å². The molecule has 0 aliphatic carbocycles. The van der Waals surface area contributed by atoms with E-state index >= 15 is 0 Å². The van der Waals surface area contributed by atoms with Gasteiger partial charge in [0.1, 0.15) is 17.2 Å². The Morgan fingerprint density at radius 1 is 1.07 bits per heavy atom. The smallest absolute Gasteiger partial charge is 1.00 e. The Labute approximate surface area is 299 Å². The van der Waals surface area contributed by atoms with E-state index in [0.717, 1.165) is 34.4 Å². The molecule has 5 aromatic rings. The van der Waals surface area contributed by atoms with Crippen LogP contribution in [0.5, 0.6) is 5.75 Å². The number of H-pyrrole nitrogens is 1. The molecule has 222 valence electrons. The van der Waals surface area contributed by atoms with Crippen molar-refractivity contribution >= 4 is 0 Å². The van der Waals surface area contributed by atoms with Crippen LogP contribution in [0.1, 0.15) is 69.4 Å². The maximum Gasteiger partial charge on any atom is 1.00 e. The van der Waals surface area contributed by atoms with Gasteiger partial charge in [-0.2, -0.15) is 0 Å². The molecule has 0 bridgehead atoms. The van der Waals surface area contributed by atoms with Gasteiger partial charge in [-0.05, 0) is 62.1 Å². The summed E-state index contributed by atoms with van der Waals surface area (Å²) < 4.78 is 12.4. The molecule has 0 fully saturated rings. The van der Waals surface area contributed by atoms with Crippen LogP contribution >= 0.6 is 0 Å². The van der Waals surface area contributed by atoms with Crippen molar-refractivity contribution in [2.24, 2.45) is 0 Å². The summed E-state index contributed by atoms with van der Waals surface area (Å²) in [5, 5.41) is 14.7. The van der Waals surface area contributed by atoms with Gasteiger partial charge in [0.25, 0.3) is 5.56 Å². The minimum atomic E-state index is -0.685. The molecule has 0 saturated heterocycles. The first kappa shape index (κ1) is 32.3. The molecular weight excluding hydrogens is 583 g/mol. The Morgan fingerprint density at radius 2 is 1.80 bits per heavy atom. The number of fused-ring (bicyclic) bond motifs is 1.